The molecule has 0 bridgehead atoms. The molecule has 0 saturated carbocycles. The topological polar surface area (TPSA) is 49.3 Å². The average molecular weight is 355 g/mol. The second-order valence-electron chi connectivity index (χ2n) is 5.71. The van der Waals surface area contributed by atoms with Crippen LogP contribution in [0.1, 0.15) is 10.4 Å². The normalized spacial score (nSPS) is 12.0. The average Bonchev–Trinajstić information content (AvgIpc) is 3.08. The molecule has 0 radical (unpaired) electrons. The molecule has 0 spiro atoms. The lowest BCUT2D eigenvalue weighted by Gasteiger charge is -2.14. The van der Waals surface area contributed by atoms with E-state index in [2.05, 4.69) is 5.32 Å². The first-order valence-electron chi connectivity index (χ1n) is 7.97. The smallest absolute Gasteiger partial charge is 0.321 e. The Bertz CT molecular complexity index is 848. The number of aliphatic carboxylic acids is 1. The molecule has 2 N–H and O–H groups in total. The fourth-order valence-electron chi connectivity index (χ4n) is 2.60. The van der Waals surface area contributed by atoms with Gasteiger partial charge in [-0.1, -0.05) is 48.5 Å². The van der Waals surface area contributed by atoms with Gasteiger partial charge in [-0.15, -0.1) is 11.3 Å². The van der Waals surface area contributed by atoms with Crippen LogP contribution in [-0.2, 0) is 17.8 Å². The molecule has 0 aliphatic carbocycles. The molecule has 3 aromatic rings. The predicted molar refractivity (Wildman–Crippen MR) is 98.1 cm³/mol. The molecule has 1 aromatic heterocycles. The van der Waals surface area contributed by atoms with E-state index >= 15 is 0 Å². The van der Waals surface area contributed by atoms with Crippen LogP contribution in [0.2, 0.25) is 0 Å². The number of halogens is 1. The van der Waals surface area contributed by atoms with Gasteiger partial charge in [-0.05, 0) is 30.2 Å². The number of hydrogen-bond acceptors (Lipinski definition) is 3. The molecule has 1 heterocycles. The number of rotatable bonds is 7. The molecule has 3 nitrogen and oxygen atoms in total. The van der Waals surface area contributed by atoms with E-state index in [1.807, 2.05) is 42.5 Å². The zero-order chi connectivity index (χ0) is 17.6. The van der Waals surface area contributed by atoms with Crippen molar-refractivity contribution in [1.82, 2.24) is 5.32 Å². The van der Waals surface area contributed by atoms with Crippen LogP contribution in [0, 0.1) is 5.82 Å². The van der Waals surface area contributed by atoms with Crippen molar-refractivity contribution < 1.29 is 14.3 Å². The maximum absolute atomic E-state index is 13.9. The van der Waals surface area contributed by atoms with Gasteiger partial charge in [0.1, 0.15) is 11.9 Å². The summed E-state index contributed by atoms with van der Waals surface area (Å²) in [5, 5.41) is 12.5. The number of hydrogen-bond donors (Lipinski definition) is 2. The number of carboxylic acid groups (broad SMARTS) is 1. The summed E-state index contributed by atoms with van der Waals surface area (Å²) >= 11 is 1.46. The van der Waals surface area contributed by atoms with Crippen molar-refractivity contribution in [2.24, 2.45) is 0 Å². The lowest BCUT2D eigenvalue weighted by Crippen LogP contribution is -2.37. The van der Waals surface area contributed by atoms with Crippen molar-refractivity contribution in [2.45, 2.75) is 19.0 Å². The lowest BCUT2D eigenvalue weighted by atomic mass is 10.1. The first-order chi connectivity index (χ1) is 12.1. The molecule has 25 heavy (non-hydrogen) atoms. The van der Waals surface area contributed by atoms with Gasteiger partial charge < -0.3 is 5.11 Å². The number of carbonyl (C=O) groups is 1. The van der Waals surface area contributed by atoms with E-state index in [9.17, 15) is 14.3 Å². The fourth-order valence-corrected chi connectivity index (χ4v) is 3.58. The minimum Gasteiger partial charge on any atom is -0.480 e. The molecular formula is C20H18FNO2S. The second-order valence-corrected chi connectivity index (χ2v) is 6.88. The van der Waals surface area contributed by atoms with Crippen LogP contribution in [0.5, 0.6) is 0 Å². The van der Waals surface area contributed by atoms with Gasteiger partial charge in [0.25, 0.3) is 0 Å². The zero-order valence-electron chi connectivity index (χ0n) is 13.5. The SMILES string of the molecule is O=C(O)[C@H](Cc1ccccc1)NCc1ccc(-c2ccccc2F)s1. The highest BCUT2D eigenvalue weighted by molar-refractivity contribution is 7.15. The summed E-state index contributed by atoms with van der Waals surface area (Å²) in [6, 6.07) is 19.3. The van der Waals surface area contributed by atoms with Crippen molar-refractivity contribution in [3.63, 3.8) is 0 Å². The van der Waals surface area contributed by atoms with Gasteiger partial charge in [-0.2, -0.15) is 0 Å². The maximum atomic E-state index is 13.9. The lowest BCUT2D eigenvalue weighted by molar-refractivity contribution is -0.139. The van der Waals surface area contributed by atoms with E-state index in [0.29, 0.717) is 18.5 Å². The van der Waals surface area contributed by atoms with E-state index in [1.165, 1.54) is 17.4 Å². The molecule has 0 fully saturated rings. The van der Waals surface area contributed by atoms with Crippen LogP contribution in [0.4, 0.5) is 4.39 Å². The molecule has 2 aromatic carbocycles. The van der Waals surface area contributed by atoms with Crippen molar-refractivity contribution in [1.29, 1.82) is 0 Å². The minimum atomic E-state index is -0.880. The summed E-state index contributed by atoms with van der Waals surface area (Å²) in [4.78, 5) is 13.3. The summed E-state index contributed by atoms with van der Waals surface area (Å²) in [6.45, 7) is 0.433. The molecule has 0 aliphatic rings. The fraction of sp³-hybridized carbons (Fsp3) is 0.150. The Kier molecular flexibility index (Phi) is 5.58. The van der Waals surface area contributed by atoms with Crippen molar-refractivity contribution in [3.05, 3.63) is 83.0 Å². The van der Waals surface area contributed by atoms with Crippen molar-refractivity contribution in [3.8, 4) is 10.4 Å². The van der Waals surface area contributed by atoms with Crippen molar-refractivity contribution >= 4 is 17.3 Å². The number of thiophene rings is 1. The Morgan fingerprint density at radius 3 is 2.48 bits per heavy atom. The van der Waals surface area contributed by atoms with Gasteiger partial charge in [0.2, 0.25) is 0 Å². The van der Waals surface area contributed by atoms with E-state index < -0.39 is 12.0 Å². The third-order valence-electron chi connectivity index (χ3n) is 3.90. The Balaban J connectivity index is 1.66. The molecule has 128 valence electrons. The quantitative estimate of drug-likeness (QED) is 0.663. The summed E-state index contributed by atoms with van der Waals surface area (Å²) in [6.07, 6.45) is 0.418. The molecule has 0 amide bonds. The summed E-state index contributed by atoms with van der Waals surface area (Å²) in [5.41, 5.74) is 1.54. The van der Waals surface area contributed by atoms with Crippen LogP contribution >= 0.6 is 11.3 Å². The van der Waals surface area contributed by atoms with Gasteiger partial charge in [0.15, 0.2) is 0 Å². The van der Waals surface area contributed by atoms with Crippen LogP contribution in [0.15, 0.2) is 66.7 Å². The van der Waals surface area contributed by atoms with Gasteiger partial charge in [0.05, 0.1) is 0 Å². The largest absolute Gasteiger partial charge is 0.480 e. The van der Waals surface area contributed by atoms with Crippen LogP contribution in [0.3, 0.4) is 0 Å². The van der Waals surface area contributed by atoms with E-state index in [1.54, 1.807) is 18.2 Å². The number of benzene rings is 2. The highest BCUT2D eigenvalue weighted by Crippen LogP contribution is 2.30. The molecule has 0 unspecified atom stereocenters. The van der Waals surface area contributed by atoms with Crippen LogP contribution < -0.4 is 5.32 Å². The Hall–Kier alpha value is -2.50. The summed E-state index contributed by atoms with van der Waals surface area (Å²) < 4.78 is 13.9. The molecular weight excluding hydrogens is 337 g/mol. The highest BCUT2D eigenvalue weighted by atomic mass is 32.1. The standard InChI is InChI=1S/C20H18FNO2S/c21-17-9-5-4-8-16(17)19-11-10-15(25-19)13-22-18(20(23)24)12-14-6-2-1-3-7-14/h1-11,18,22H,12-13H2,(H,23,24)/t18-/m0/s1. The van der Waals surface area contributed by atoms with Gasteiger partial charge >= 0.3 is 5.97 Å². The predicted octanol–water partition coefficient (Wildman–Crippen LogP) is 4.34. The Labute approximate surface area is 149 Å². The Morgan fingerprint density at radius 1 is 1.04 bits per heavy atom. The first kappa shape index (κ1) is 17.3. The van der Waals surface area contributed by atoms with Gasteiger partial charge in [0, 0.05) is 21.9 Å². The van der Waals surface area contributed by atoms with Gasteiger partial charge in [-0.25, -0.2) is 4.39 Å². The molecule has 5 heteroatoms. The van der Waals surface area contributed by atoms with Gasteiger partial charge in [-0.3, -0.25) is 10.1 Å². The summed E-state index contributed by atoms with van der Waals surface area (Å²) in [7, 11) is 0. The minimum absolute atomic E-state index is 0.253. The molecule has 0 saturated heterocycles. The summed E-state index contributed by atoms with van der Waals surface area (Å²) in [5.74, 6) is -1.13. The van der Waals surface area contributed by atoms with Crippen molar-refractivity contribution in [2.75, 3.05) is 0 Å². The zero-order valence-corrected chi connectivity index (χ0v) is 14.3. The van der Waals surface area contributed by atoms with E-state index in [-0.39, 0.29) is 5.82 Å². The highest BCUT2D eigenvalue weighted by Gasteiger charge is 2.17. The number of nitrogens with one attached hydrogen (secondary N) is 1. The number of carboxylic acids is 1. The second kappa shape index (κ2) is 8.05. The first-order valence-corrected chi connectivity index (χ1v) is 8.79. The molecule has 1 atom stereocenters. The third kappa shape index (κ3) is 4.53. The monoisotopic (exact) mass is 355 g/mol. The Morgan fingerprint density at radius 2 is 1.76 bits per heavy atom. The van der Waals surface area contributed by atoms with E-state index in [0.717, 1.165) is 15.3 Å². The van der Waals surface area contributed by atoms with E-state index in [4.69, 9.17) is 0 Å². The molecule has 3 rings (SSSR count). The van der Waals surface area contributed by atoms with Crippen LogP contribution in [-0.4, -0.2) is 17.1 Å². The third-order valence-corrected chi connectivity index (χ3v) is 5.02. The molecule has 0 aliphatic heterocycles. The maximum Gasteiger partial charge on any atom is 0.321 e. The van der Waals surface area contributed by atoms with Crippen LogP contribution in [0.25, 0.3) is 10.4 Å².